The van der Waals surface area contributed by atoms with Crippen molar-refractivity contribution in [2.45, 2.75) is 19.3 Å². The molecule has 0 rings (SSSR count). The van der Waals surface area contributed by atoms with Crippen LogP contribution >= 0.6 is 12.2 Å². The lowest BCUT2D eigenvalue weighted by molar-refractivity contribution is 0.283. The molecular formula is C8H17FN2OS. The van der Waals surface area contributed by atoms with Crippen molar-refractivity contribution in [3.8, 4) is 0 Å². The number of halogens is 1. The van der Waals surface area contributed by atoms with Gasteiger partial charge in [0, 0.05) is 19.7 Å². The van der Waals surface area contributed by atoms with Crippen molar-refractivity contribution in [2.75, 3.05) is 26.4 Å². The Hall–Kier alpha value is -0.420. The highest BCUT2D eigenvalue weighted by Crippen LogP contribution is 1.91. The van der Waals surface area contributed by atoms with Crippen LogP contribution < -0.4 is 10.6 Å². The Labute approximate surface area is 83.7 Å². The lowest BCUT2D eigenvalue weighted by Gasteiger charge is -2.08. The molecule has 0 unspecified atom stereocenters. The molecule has 0 aromatic heterocycles. The molecule has 0 aromatic carbocycles. The van der Waals surface area contributed by atoms with Gasteiger partial charge in [0.2, 0.25) is 0 Å². The Balaban J connectivity index is 3.08. The summed E-state index contributed by atoms with van der Waals surface area (Å²) >= 11 is 4.86. The largest absolute Gasteiger partial charge is 0.396 e. The van der Waals surface area contributed by atoms with Gasteiger partial charge in [-0.05, 0) is 31.5 Å². The van der Waals surface area contributed by atoms with Gasteiger partial charge >= 0.3 is 0 Å². The number of aliphatic hydroxyl groups excluding tert-OH is 1. The molecule has 0 amide bonds. The SMILES string of the molecule is OCCCCCNC(=S)NCCF. The highest BCUT2D eigenvalue weighted by atomic mass is 32.1. The van der Waals surface area contributed by atoms with Gasteiger partial charge in [-0.1, -0.05) is 0 Å². The molecule has 0 bridgehead atoms. The zero-order chi connectivity index (χ0) is 9.94. The van der Waals surface area contributed by atoms with Crippen molar-refractivity contribution < 1.29 is 9.50 Å². The minimum Gasteiger partial charge on any atom is -0.396 e. The number of nitrogens with one attached hydrogen (secondary N) is 2. The normalized spacial score (nSPS) is 9.69. The average Bonchev–Trinajstić information content (AvgIpc) is 2.14. The summed E-state index contributed by atoms with van der Waals surface area (Å²) in [5.41, 5.74) is 0. The summed E-state index contributed by atoms with van der Waals surface area (Å²) in [4.78, 5) is 0. The predicted octanol–water partition coefficient (Wildman–Crippen LogP) is 0.583. The fourth-order valence-corrected chi connectivity index (χ4v) is 1.04. The fraction of sp³-hybridized carbons (Fsp3) is 0.875. The number of hydrogen-bond donors (Lipinski definition) is 3. The first-order valence-corrected chi connectivity index (χ1v) is 4.90. The van der Waals surface area contributed by atoms with Crippen LogP contribution in [-0.2, 0) is 0 Å². The maximum absolute atomic E-state index is 11.7. The zero-order valence-corrected chi connectivity index (χ0v) is 8.50. The molecule has 0 fully saturated rings. The zero-order valence-electron chi connectivity index (χ0n) is 7.68. The highest BCUT2D eigenvalue weighted by Gasteiger charge is 1.93. The number of thiocarbonyl (C=S) groups is 1. The smallest absolute Gasteiger partial charge is 0.166 e. The third-order valence-corrected chi connectivity index (χ3v) is 1.79. The van der Waals surface area contributed by atoms with E-state index >= 15 is 0 Å². The highest BCUT2D eigenvalue weighted by molar-refractivity contribution is 7.80. The van der Waals surface area contributed by atoms with Crippen molar-refractivity contribution in [3.63, 3.8) is 0 Å². The van der Waals surface area contributed by atoms with Crippen molar-refractivity contribution in [2.24, 2.45) is 0 Å². The number of unbranched alkanes of at least 4 members (excludes halogenated alkanes) is 2. The minimum absolute atomic E-state index is 0.241. The first kappa shape index (κ1) is 12.6. The van der Waals surface area contributed by atoms with Gasteiger partial charge in [-0.15, -0.1) is 0 Å². The van der Waals surface area contributed by atoms with E-state index in [4.69, 9.17) is 17.3 Å². The number of aliphatic hydroxyl groups is 1. The van der Waals surface area contributed by atoms with E-state index in [2.05, 4.69) is 10.6 Å². The molecule has 0 heterocycles. The Morgan fingerprint density at radius 2 is 1.85 bits per heavy atom. The average molecular weight is 208 g/mol. The molecule has 0 saturated heterocycles. The molecule has 0 saturated carbocycles. The molecule has 0 aromatic rings. The molecule has 0 aliphatic rings. The van der Waals surface area contributed by atoms with Crippen LogP contribution in [0.1, 0.15) is 19.3 Å². The number of hydrogen-bond acceptors (Lipinski definition) is 2. The molecule has 0 spiro atoms. The van der Waals surface area contributed by atoms with Crippen molar-refractivity contribution in [1.29, 1.82) is 0 Å². The van der Waals surface area contributed by atoms with E-state index in [1.165, 1.54) is 0 Å². The van der Waals surface area contributed by atoms with Crippen LogP contribution in [0.5, 0.6) is 0 Å². The van der Waals surface area contributed by atoms with Crippen LogP contribution in [0.25, 0.3) is 0 Å². The Bertz CT molecular complexity index is 135. The molecule has 3 N–H and O–H groups in total. The van der Waals surface area contributed by atoms with E-state index < -0.39 is 6.67 Å². The van der Waals surface area contributed by atoms with E-state index in [0.29, 0.717) is 5.11 Å². The lowest BCUT2D eigenvalue weighted by atomic mass is 10.2. The van der Waals surface area contributed by atoms with Gasteiger partial charge in [0.1, 0.15) is 6.67 Å². The molecule has 3 nitrogen and oxygen atoms in total. The third kappa shape index (κ3) is 9.49. The van der Waals surface area contributed by atoms with Crippen molar-refractivity contribution in [1.82, 2.24) is 10.6 Å². The van der Waals surface area contributed by atoms with Crippen LogP contribution in [0.4, 0.5) is 4.39 Å². The topological polar surface area (TPSA) is 44.3 Å². The summed E-state index contributed by atoms with van der Waals surface area (Å²) < 4.78 is 11.7. The van der Waals surface area contributed by atoms with Gasteiger partial charge in [-0.25, -0.2) is 4.39 Å². The van der Waals surface area contributed by atoms with E-state index in [1.807, 2.05) is 0 Å². The molecule has 0 radical (unpaired) electrons. The van der Waals surface area contributed by atoms with Crippen LogP contribution in [0.3, 0.4) is 0 Å². The quantitative estimate of drug-likeness (QED) is 0.423. The summed E-state index contributed by atoms with van der Waals surface area (Å²) in [5, 5.41) is 14.7. The van der Waals surface area contributed by atoms with Gasteiger partial charge < -0.3 is 15.7 Å². The first-order valence-electron chi connectivity index (χ1n) is 4.49. The molecule has 0 aliphatic carbocycles. The molecule has 5 heteroatoms. The summed E-state index contributed by atoms with van der Waals surface area (Å²) in [5.74, 6) is 0. The van der Waals surface area contributed by atoms with E-state index in [-0.39, 0.29) is 13.2 Å². The standard InChI is InChI=1S/C8H17FN2OS/c9-4-6-11-8(13)10-5-2-1-3-7-12/h12H,1-7H2,(H2,10,11,13). The van der Waals surface area contributed by atoms with Gasteiger partial charge in [-0.3, -0.25) is 0 Å². The summed E-state index contributed by atoms with van der Waals surface area (Å²) in [6.07, 6.45) is 2.78. The van der Waals surface area contributed by atoms with E-state index in [9.17, 15) is 4.39 Å². The Morgan fingerprint density at radius 3 is 2.46 bits per heavy atom. The molecule has 13 heavy (non-hydrogen) atoms. The van der Waals surface area contributed by atoms with Crippen molar-refractivity contribution >= 4 is 17.3 Å². The number of rotatable bonds is 7. The third-order valence-electron chi connectivity index (χ3n) is 1.50. The molecular weight excluding hydrogens is 191 g/mol. The first-order chi connectivity index (χ1) is 6.31. The summed E-state index contributed by atoms with van der Waals surface area (Å²) in [7, 11) is 0. The maximum atomic E-state index is 11.7. The number of alkyl halides is 1. The second-order valence-electron chi connectivity index (χ2n) is 2.66. The lowest BCUT2D eigenvalue weighted by Crippen LogP contribution is -2.36. The van der Waals surface area contributed by atoms with Gasteiger partial charge in [0.05, 0.1) is 0 Å². The van der Waals surface area contributed by atoms with Crippen molar-refractivity contribution in [3.05, 3.63) is 0 Å². The maximum Gasteiger partial charge on any atom is 0.166 e. The van der Waals surface area contributed by atoms with E-state index in [0.717, 1.165) is 25.8 Å². The van der Waals surface area contributed by atoms with E-state index in [1.54, 1.807) is 0 Å². The fourth-order valence-electron chi connectivity index (χ4n) is 0.839. The second-order valence-corrected chi connectivity index (χ2v) is 3.06. The van der Waals surface area contributed by atoms with Gasteiger partial charge in [0.15, 0.2) is 5.11 Å². The Kier molecular flexibility index (Phi) is 9.35. The molecule has 0 aliphatic heterocycles. The second kappa shape index (κ2) is 9.67. The summed E-state index contributed by atoms with van der Waals surface area (Å²) in [6.45, 7) is 0.872. The summed E-state index contributed by atoms with van der Waals surface area (Å²) in [6, 6.07) is 0. The van der Waals surface area contributed by atoms with Crippen LogP contribution in [-0.4, -0.2) is 36.6 Å². The predicted molar refractivity (Wildman–Crippen MR) is 55.5 cm³/mol. The van der Waals surface area contributed by atoms with Crippen LogP contribution in [0, 0.1) is 0 Å². The molecule has 0 atom stereocenters. The van der Waals surface area contributed by atoms with Crippen LogP contribution in [0.15, 0.2) is 0 Å². The van der Waals surface area contributed by atoms with Gasteiger partial charge in [-0.2, -0.15) is 0 Å². The Morgan fingerprint density at radius 1 is 1.15 bits per heavy atom. The van der Waals surface area contributed by atoms with Gasteiger partial charge in [0.25, 0.3) is 0 Å². The minimum atomic E-state index is -0.410. The monoisotopic (exact) mass is 208 g/mol. The molecule has 78 valence electrons. The van der Waals surface area contributed by atoms with Crippen LogP contribution in [0.2, 0.25) is 0 Å².